The first-order chi connectivity index (χ1) is 12.2. The number of nitrogens with one attached hydrogen (secondary N) is 1. The van der Waals surface area contributed by atoms with E-state index < -0.39 is 0 Å². The first kappa shape index (κ1) is 23.9. The van der Waals surface area contributed by atoms with Gasteiger partial charge in [-0.05, 0) is 12.8 Å². The van der Waals surface area contributed by atoms with Crippen molar-refractivity contribution in [3.05, 3.63) is 0 Å². The number of carbonyl (C=O) groups is 2. The minimum Gasteiger partial charge on any atom is -0.273 e. The van der Waals surface area contributed by atoms with Gasteiger partial charge in [0.15, 0.2) is 0 Å². The van der Waals surface area contributed by atoms with Crippen LogP contribution in [0.4, 0.5) is 0 Å². The van der Waals surface area contributed by atoms with Crippen LogP contribution in [0.15, 0.2) is 0 Å². The average Bonchev–Trinajstić information content (AvgIpc) is 2.62. The van der Waals surface area contributed by atoms with Gasteiger partial charge in [0.05, 0.1) is 0 Å². The summed E-state index contributed by atoms with van der Waals surface area (Å²) in [5, 5.41) is 1.55. The van der Waals surface area contributed by atoms with E-state index in [1.54, 1.807) is 5.01 Å². The molecule has 0 heterocycles. The molecule has 1 N–H and O–H groups in total. The van der Waals surface area contributed by atoms with Gasteiger partial charge < -0.3 is 0 Å². The molecule has 0 radical (unpaired) electrons. The zero-order valence-electron chi connectivity index (χ0n) is 17.1. The van der Waals surface area contributed by atoms with Crippen LogP contribution in [0.5, 0.6) is 0 Å². The maximum absolute atomic E-state index is 12.1. The van der Waals surface area contributed by atoms with Crippen LogP contribution >= 0.6 is 0 Å². The number of nitrogens with zero attached hydrogens (tertiary/aromatic N) is 1. The summed E-state index contributed by atoms with van der Waals surface area (Å²) in [6, 6.07) is 0. The smallest absolute Gasteiger partial charge is 0.240 e. The summed E-state index contributed by atoms with van der Waals surface area (Å²) < 4.78 is 0. The topological polar surface area (TPSA) is 49.4 Å². The SMILES string of the molecule is CCCCCCCCCC(=O)NN(CCCCCCCC)C(=O)CC. The second kappa shape index (κ2) is 17.8. The third-order valence-corrected chi connectivity index (χ3v) is 4.61. The Morgan fingerprint density at radius 2 is 1.16 bits per heavy atom. The van der Waals surface area contributed by atoms with E-state index in [-0.39, 0.29) is 11.8 Å². The highest BCUT2D eigenvalue weighted by Gasteiger charge is 2.13. The zero-order valence-corrected chi connectivity index (χ0v) is 17.1. The Bertz CT molecular complexity index is 332. The lowest BCUT2D eigenvalue weighted by atomic mass is 10.1. The van der Waals surface area contributed by atoms with Gasteiger partial charge in [-0.25, -0.2) is 0 Å². The standard InChI is InChI=1S/C21H42N2O2/c1-4-7-9-11-13-14-16-18-20(24)22-23(21(25)6-3)19-17-15-12-10-8-5-2/h4-19H2,1-3H3,(H,22,24). The van der Waals surface area contributed by atoms with Crippen LogP contribution in [0.1, 0.15) is 117 Å². The van der Waals surface area contributed by atoms with Crippen molar-refractivity contribution < 1.29 is 9.59 Å². The van der Waals surface area contributed by atoms with Crippen molar-refractivity contribution in [1.82, 2.24) is 10.4 Å². The molecule has 0 aromatic carbocycles. The van der Waals surface area contributed by atoms with E-state index in [1.165, 1.54) is 57.8 Å². The second-order valence-corrected chi connectivity index (χ2v) is 7.07. The Kier molecular flexibility index (Phi) is 17.0. The molecule has 0 rings (SSSR count). The van der Waals surface area contributed by atoms with E-state index in [0.29, 0.717) is 19.4 Å². The molecule has 4 heteroatoms. The Labute approximate surface area is 156 Å². The highest BCUT2D eigenvalue weighted by molar-refractivity contribution is 5.81. The predicted octanol–water partition coefficient (Wildman–Crippen LogP) is 5.76. The van der Waals surface area contributed by atoms with Crippen LogP contribution in [0.2, 0.25) is 0 Å². The summed E-state index contributed by atoms with van der Waals surface area (Å²) in [5.41, 5.74) is 2.83. The molecule has 2 amide bonds. The summed E-state index contributed by atoms with van der Waals surface area (Å²) in [4.78, 5) is 24.1. The molecule has 0 saturated heterocycles. The van der Waals surface area contributed by atoms with E-state index in [0.717, 1.165) is 25.7 Å². The van der Waals surface area contributed by atoms with Crippen LogP contribution in [0.25, 0.3) is 0 Å². The number of rotatable bonds is 16. The summed E-state index contributed by atoms with van der Waals surface area (Å²) in [5.74, 6) is 0.00261. The number of carbonyl (C=O) groups excluding carboxylic acids is 2. The highest BCUT2D eigenvalue weighted by atomic mass is 16.2. The summed E-state index contributed by atoms with van der Waals surface area (Å²) in [6.07, 6.45) is 16.5. The van der Waals surface area contributed by atoms with Crippen molar-refractivity contribution in [3.8, 4) is 0 Å². The molecule has 148 valence electrons. The average molecular weight is 355 g/mol. The zero-order chi connectivity index (χ0) is 18.8. The second-order valence-electron chi connectivity index (χ2n) is 7.07. The largest absolute Gasteiger partial charge is 0.273 e. The number of unbranched alkanes of at least 4 members (excludes halogenated alkanes) is 11. The fraction of sp³-hybridized carbons (Fsp3) is 0.905. The van der Waals surface area contributed by atoms with Crippen LogP contribution in [-0.2, 0) is 9.59 Å². The van der Waals surface area contributed by atoms with Crippen LogP contribution in [0.3, 0.4) is 0 Å². The Morgan fingerprint density at radius 3 is 1.68 bits per heavy atom. The fourth-order valence-electron chi connectivity index (χ4n) is 2.93. The van der Waals surface area contributed by atoms with E-state index in [4.69, 9.17) is 0 Å². The van der Waals surface area contributed by atoms with Crippen molar-refractivity contribution in [3.63, 3.8) is 0 Å². The third kappa shape index (κ3) is 14.9. The Balaban J connectivity index is 3.88. The fourth-order valence-corrected chi connectivity index (χ4v) is 2.93. The summed E-state index contributed by atoms with van der Waals surface area (Å²) >= 11 is 0. The van der Waals surface area contributed by atoms with Crippen LogP contribution in [0, 0.1) is 0 Å². The van der Waals surface area contributed by atoms with Crippen LogP contribution < -0.4 is 5.43 Å². The van der Waals surface area contributed by atoms with Gasteiger partial charge in [0.1, 0.15) is 0 Å². The lowest BCUT2D eigenvalue weighted by Gasteiger charge is -2.23. The van der Waals surface area contributed by atoms with Crippen molar-refractivity contribution in [2.75, 3.05) is 6.54 Å². The molecule has 25 heavy (non-hydrogen) atoms. The molecule has 0 bridgehead atoms. The van der Waals surface area contributed by atoms with Gasteiger partial charge in [0.2, 0.25) is 11.8 Å². The predicted molar refractivity (Wildman–Crippen MR) is 106 cm³/mol. The highest BCUT2D eigenvalue weighted by Crippen LogP contribution is 2.09. The van der Waals surface area contributed by atoms with Gasteiger partial charge in [0, 0.05) is 19.4 Å². The molecule has 0 aliphatic rings. The minimum atomic E-state index is -0.0126. The van der Waals surface area contributed by atoms with E-state index in [2.05, 4.69) is 19.3 Å². The van der Waals surface area contributed by atoms with Gasteiger partial charge in [0.25, 0.3) is 0 Å². The summed E-state index contributed by atoms with van der Waals surface area (Å²) in [6.45, 7) is 6.92. The molecule has 0 fully saturated rings. The molecule has 4 nitrogen and oxygen atoms in total. The first-order valence-electron chi connectivity index (χ1n) is 10.8. The Morgan fingerprint density at radius 1 is 0.680 bits per heavy atom. The molecule has 0 aromatic rings. The summed E-state index contributed by atoms with van der Waals surface area (Å²) in [7, 11) is 0. The normalized spacial score (nSPS) is 10.7. The van der Waals surface area contributed by atoms with Gasteiger partial charge in [-0.15, -0.1) is 0 Å². The van der Waals surface area contributed by atoms with Gasteiger partial charge in [-0.3, -0.25) is 20.0 Å². The number of amides is 2. The van der Waals surface area contributed by atoms with Crippen molar-refractivity contribution in [2.45, 2.75) is 117 Å². The third-order valence-electron chi connectivity index (χ3n) is 4.61. The molecule has 0 aromatic heterocycles. The molecule has 0 aliphatic carbocycles. The maximum atomic E-state index is 12.1. The number of hydrazine groups is 1. The number of hydrogen-bond donors (Lipinski definition) is 1. The molecule has 0 unspecified atom stereocenters. The lowest BCUT2D eigenvalue weighted by molar-refractivity contribution is -0.141. The lowest BCUT2D eigenvalue weighted by Crippen LogP contribution is -2.46. The van der Waals surface area contributed by atoms with Crippen molar-refractivity contribution in [1.29, 1.82) is 0 Å². The molecule has 0 aliphatic heterocycles. The van der Waals surface area contributed by atoms with Gasteiger partial charge in [-0.2, -0.15) is 0 Å². The molecule has 0 saturated carbocycles. The molecule has 0 spiro atoms. The Hall–Kier alpha value is -1.06. The van der Waals surface area contributed by atoms with E-state index in [9.17, 15) is 9.59 Å². The quantitative estimate of drug-likeness (QED) is 0.283. The molecular formula is C21H42N2O2. The van der Waals surface area contributed by atoms with Crippen molar-refractivity contribution >= 4 is 11.8 Å². The van der Waals surface area contributed by atoms with E-state index in [1.807, 2.05) is 6.92 Å². The maximum Gasteiger partial charge on any atom is 0.240 e. The number of hydrogen-bond acceptors (Lipinski definition) is 2. The van der Waals surface area contributed by atoms with E-state index >= 15 is 0 Å². The minimum absolute atomic E-state index is 0.0126. The van der Waals surface area contributed by atoms with Gasteiger partial charge >= 0.3 is 0 Å². The molecule has 0 atom stereocenters. The van der Waals surface area contributed by atoms with Crippen molar-refractivity contribution in [2.24, 2.45) is 0 Å². The monoisotopic (exact) mass is 354 g/mol. The van der Waals surface area contributed by atoms with Crippen LogP contribution in [-0.4, -0.2) is 23.4 Å². The molecular weight excluding hydrogens is 312 g/mol. The first-order valence-corrected chi connectivity index (χ1v) is 10.8. The van der Waals surface area contributed by atoms with Gasteiger partial charge in [-0.1, -0.05) is 91.4 Å².